The van der Waals surface area contributed by atoms with Gasteiger partial charge in [-0.2, -0.15) is 0 Å². The minimum absolute atomic E-state index is 0.0395. The van der Waals surface area contributed by atoms with Gasteiger partial charge in [0.1, 0.15) is 11.6 Å². The predicted molar refractivity (Wildman–Crippen MR) is 161 cm³/mol. The highest BCUT2D eigenvalue weighted by Crippen LogP contribution is 2.24. The van der Waals surface area contributed by atoms with Crippen molar-refractivity contribution in [3.05, 3.63) is 24.5 Å². The number of anilines is 1. The molecule has 0 saturated carbocycles. The van der Waals surface area contributed by atoms with Crippen LogP contribution in [0.4, 0.5) is 5.69 Å². The zero-order chi connectivity index (χ0) is 29.6. The van der Waals surface area contributed by atoms with E-state index in [1.54, 1.807) is 38.4 Å². The number of aromatic nitrogens is 1. The monoisotopic (exact) mass is 500 g/mol. The Kier molecular flexibility index (Phi) is 45.8. The number of carbonyl (C=O) groups is 2. The Morgan fingerprint density at radius 1 is 0.914 bits per heavy atom. The maximum absolute atomic E-state index is 11.5. The van der Waals surface area contributed by atoms with Gasteiger partial charge < -0.3 is 10.5 Å². The van der Waals surface area contributed by atoms with Gasteiger partial charge in [-0.1, -0.05) is 104 Å². The van der Waals surface area contributed by atoms with Crippen molar-refractivity contribution in [3.63, 3.8) is 0 Å². The summed E-state index contributed by atoms with van der Waals surface area (Å²) in [6.45, 7) is 35.9. The van der Waals surface area contributed by atoms with Crippen LogP contribution in [0.3, 0.4) is 0 Å². The average molecular weight is 500 g/mol. The Hall–Kier alpha value is -1.75. The van der Waals surface area contributed by atoms with Crippen molar-refractivity contribution >= 4 is 17.3 Å². The number of hydrogen-bond acceptors (Lipinski definition) is 5. The third-order valence-electron chi connectivity index (χ3n) is 3.76. The second-order valence-corrected chi connectivity index (χ2v) is 8.19. The van der Waals surface area contributed by atoms with E-state index in [0.29, 0.717) is 11.6 Å². The molecule has 0 spiro atoms. The molecule has 212 valence electrons. The third kappa shape index (κ3) is 37.0. The summed E-state index contributed by atoms with van der Waals surface area (Å²) in [6, 6.07) is 3.66. The Balaban J connectivity index is -0.0000000820. The molecule has 1 aromatic rings. The second kappa shape index (κ2) is 34.4. The van der Waals surface area contributed by atoms with Crippen molar-refractivity contribution < 1.29 is 9.59 Å². The molecule has 0 aromatic carbocycles. The van der Waals surface area contributed by atoms with Crippen molar-refractivity contribution in [2.45, 2.75) is 130 Å². The number of pyridine rings is 1. The standard InChI is InChI=1S/C11H23NO.C6H12O.C5H6N2.4C2H6/c1-7-12(8-2)10(9(3)13)11(4,5)6;1-5(2)4-6(3)7;6-5-2-1-3-7-4-5;4*1-2/h10H,7-8H2,1-6H3;5H,4H2,1-3H3;1-4H,6H2;4*1-2H3. The molecule has 0 bridgehead atoms. The van der Waals surface area contributed by atoms with Gasteiger partial charge in [-0.3, -0.25) is 14.7 Å². The van der Waals surface area contributed by atoms with Crippen LogP contribution in [0, 0.1) is 11.3 Å². The van der Waals surface area contributed by atoms with Gasteiger partial charge in [0.25, 0.3) is 0 Å². The summed E-state index contributed by atoms with van der Waals surface area (Å²) in [7, 11) is 0. The number of nitrogens with zero attached hydrogens (tertiary/aromatic N) is 2. The fraction of sp³-hybridized carbons (Fsp3) is 0.767. The molecule has 0 saturated heterocycles. The van der Waals surface area contributed by atoms with E-state index in [1.807, 2.05) is 69.2 Å². The predicted octanol–water partition coefficient (Wildman–Crippen LogP) is 8.72. The maximum Gasteiger partial charge on any atom is 0.147 e. The molecule has 1 unspecified atom stereocenters. The molecule has 0 amide bonds. The van der Waals surface area contributed by atoms with Crippen molar-refractivity contribution in [1.82, 2.24) is 9.88 Å². The van der Waals surface area contributed by atoms with Crippen LogP contribution in [-0.2, 0) is 9.59 Å². The summed E-state index contributed by atoms with van der Waals surface area (Å²) >= 11 is 0. The van der Waals surface area contributed by atoms with Gasteiger partial charge in [0.15, 0.2) is 0 Å². The largest absolute Gasteiger partial charge is 0.397 e. The molecule has 0 fully saturated rings. The topological polar surface area (TPSA) is 76.3 Å². The minimum atomic E-state index is 0.0395. The van der Waals surface area contributed by atoms with Gasteiger partial charge >= 0.3 is 0 Å². The van der Waals surface area contributed by atoms with Crippen LogP contribution in [0.25, 0.3) is 0 Å². The third-order valence-corrected chi connectivity index (χ3v) is 3.76. The quantitative estimate of drug-likeness (QED) is 0.423. The second-order valence-electron chi connectivity index (χ2n) is 8.19. The van der Waals surface area contributed by atoms with Crippen LogP contribution < -0.4 is 5.73 Å². The molecular weight excluding hydrogens is 434 g/mol. The number of likely N-dealkylation sites (N-methyl/N-ethyl adjacent to an activating group) is 1. The molecule has 1 aromatic heterocycles. The number of carbonyl (C=O) groups excluding carboxylic acids is 2. The lowest BCUT2D eigenvalue weighted by molar-refractivity contribution is -0.125. The number of rotatable bonds is 6. The van der Waals surface area contributed by atoms with Gasteiger partial charge in [0.05, 0.1) is 11.7 Å². The zero-order valence-electron chi connectivity index (χ0n) is 26.9. The molecule has 1 rings (SSSR count). The van der Waals surface area contributed by atoms with Crippen molar-refractivity contribution in [1.29, 1.82) is 0 Å². The van der Waals surface area contributed by atoms with E-state index in [0.717, 1.165) is 19.5 Å². The fourth-order valence-electron chi connectivity index (χ4n) is 2.95. The first-order valence-electron chi connectivity index (χ1n) is 13.8. The number of hydrogen-bond donors (Lipinski definition) is 1. The minimum Gasteiger partial charge on any atom is -0.397 e. The smallest absolute Gasteiger partial charge is 0.147 e. The Labute approximate surface area is 221 Å². The summed E-state index contributed by atoms with van der Waals surface area (Å²) < 4.78 is 0. The maximum atomic E-state index is 11.5. The zero-order valence-corrected chi connectivity index (χ0v) is 26.9. The highest BCUT2D eigenvalue weighted by Gasteiger charge is 2.32. The highest BCUT2D eigenvalue weighted by atomic mass is 16.1. The van der Waals surface area contributed by atoms with E-state index < -0.39 is 0 Å². The van der Waals surface area contributed by atoms with Gasteiger partial charge in [0.2, 0.25) is 0 Å². The molecular formula is C30H65N3O2. The molecule has 0 aliphatic carbocycles. The van der Waals surface area contributed by atoms with E-state index in [4.69, 9.17) is 5.73 Å². The van der Waals surface area contributed by atoms with Gasteiger partial charge in [-0.15, -0.1) is 0 Å². The van der Waals surface area contributed by atoms with E-state index in [2.05, 4.69) is 44.5 Å². The van der Waals surface area contributed by atoms with E-state index in [9.17, 15) is 9.59 Å². The van der Waals surface area contributed by atoms with Gasteiger partial charge in [-0.25, -0.2) is 0 Å². The molecule has 1 heterocycles. The molecule has 5 heteroatoms. The first kappa shape index (κ1) is 46.6. The number of ketones is 2. The molecule has 0 aliphatic rings. The summed E-state index contributed by atoms with van der Waals surface area (Å²) in [6.07, 6.45) is 4.02. The summed E-state index contributed by atoms with van der Waals surface area (Å²) in [5, 5.41) is 0. The molecule has 1 atom stereocenters. The van der Waals surface area contributed by atoms with Crippen molar-refractivity contribution in [2.75, 3.05) is 18.8 Å². The first-order chi connectivity index (χ1) is 16.4. The molecule has 0 aliphatic heterocycles. The normalized spacial score (nSPS) is 9.80. The van der Waals surface area contributed by atoms with E-state index in [-0.39, 0.29) is 23.0 Å². The number of Topliss-reactive ketones (excluding diaryl/α,β-unsaturated/α-hetero) is 2. The Morgan fingerprint density at radius 3 is 1.40 bits per heavy atom. The van der Waals surface area contributed by atoms with E-state index in [1.165, 1.54) is 0 Å². The van der Waals surface area contributed by atoms with Crippen LogP contribution in [0.5, 0.6) is 0 Å². The molecule has 5 nitrogen and oxygen atoms in total. The Morgan fingerprint density at radius 2 is 1.31 bits per heavy atom. The molecule has 0 radical (unpaired) electrons. The van der Waals surface area contributed by atoms with Crippen LogP contribution in [-0.4, -0.2) is 40.6 Å². The van der Waals surface area contributed by atoms with Gasteiger partial charge in [0, 0.05) is 18.8 Å². The molecule has 35 heavy (non-hydrogen) atoms. The lowest BCUT2D eigenvalue weighted by Crippen LogP contribution is -2.48. The van der Waals surface area contributed by atoms with Crippen LogP contribution in [0.15, 0.2) is 24.5 Å². The SMILES string of the molecule is CC.CC.CC.CC.CC(=O)CC(C)C.CCN(CC)C(C(C)=O)C(C)(C)C.Nc1cccnc1. The summed E-state index contributed by atoms with van der Waals surface area (Å²) in [5.74, 6) is 1.09. The van der Waals surface area contributed by atoms with Crippen LogP contribution in [0.1, 0.15) is 124 Å². The lowest BCUT2D eigenvalue weighted by Gasteiger charge is -2.37. The lowest BCUT2D eigenvalue weighted by atomic mass is 9.83. The average Bonchev–Trinajstić information content (AvgIpc) is 2.82. The van der Waals surface area contributed by atoms with E-state index >= 15 is 0 Å². The van der Waals surface area contributed by atoms with Gasteiger partial charge in [-0.05, 0) is 50.4 Å². The number of nitrogens with two attached hydrogens (primary N) is 1. The number of nitrogen functional groups attached to an aromatic ring is 1. The van der Waals surface area contributed by atoms with Crippen molar-refractivity contribution in [3.8, 4) is 0 Å². The fourth-order valence-corrected chi connectivity index (χ4v) is 2.95. The highest BCUT2D eigenvalue weighted by molar-refractivity contribution is 5.82. The van der Waals surface area contributed by atoms with Crippen LogP contribution >= 0.6 is 0 Å². The molecule has 2 N–H and O–H groups in total. The Bertz CT molecular complexity index is 520. The summed E-state index contributed by atoms with van der Waals surface area (Å²) in [5.41, 5.74) is 6.05. The van der Waals surface area contributed by atoms with Crippen LogP contribution in [0.2, 0.25) is 0 Å². The van der Waals surface area contributed by atoms with Crippen molar-refractivity contribution in [2.24, 2.45) is 11.3 Å². The first-order valence-corrected chi connectivity index (χ1v) is 13.8. The summed E-state index contributed by atoms with van der Waals surface area (Å²) in [4.78, 5) is 27.7.